The molecule has 24 heavy (non-hydrogen) atoms. The summed E-state index contributed by atoms with van der Waals surface area (Å²) in [6.45, 7) is 0.518. The minimum Gasteiger partial charge on any atom is -0.495 e. The minimum absolute atomic E-state index is 0.0597. The fourth-order valence-corrected chi connectivity index (χ4v) is 2.52. The Labute approximate surface area is 140 Å². The Kier molecular flexibility index (Phi) is 4.91. The van der Waals surface area contributed by atoms with E-state index in [1.807, 2.05) is 54.6 Å². The van der Waals surface area contributed by atoms with Gasteiger partial charge in [0, 0.05) is 24.5 Å². The number of aromatic nitrogens is 1. The second-order valence-electron chi connectivity index (χ2n) is 5.31. The number of anilines is 2. The number of pyridine rings is 1. The molecule has 3 rings (SSSR count). The first kappa shape index (κ1) is 15.8. The largest absolute Gasteiger partial charge is 0.495 e. The zero-order valence-corrected chi connectivity index (χ0v) is 13.5. The SMILES string of the molecule is COc1ccccc1NCCC(=O)Nc1cccc2cccnc12. The number of carbonyl (C=O) groups is 1. The number of hydrogen-bond donors (Lipinski definition) is 2. The Bertz CT molecular complexity index is 843. The van der Waals surface area contributed by atoms with Gasteiger partial charge < -0.3 is 15.4 Å². The number of nitrogens with one attached hydrogen (secondary N) is 2. The van der Waals surface area contributed by atoms with Crippen LogP contribution in [0.1, 0.15) is 6.42 Å². The summed E-state index contributed by atoms with van der Waals surface area (Å²) in [4.78, 5) is 16.5. The molecule has 0 unspecified atom stereocenters. The molecular formula is C19H19N3O2. The van der Waals surface area contributed by atoms with E-state index >= 15 is 0 Å². The Morgan fingerprint density at radius 1 is 1.04 bits per heavy atom. The molecule has 2 N–H and O–H groups in total. The van der Waals surface area contributed by atoms with Crippen molar-refractivity contribution < 1.29 is 9.53 Å². The fourth-order valence-electron chi connectivity index (χ4n) is 2.52. The molecule has 0 spiro atoms. The molecule has 0 saturated heterocycles. The number of hydrogen-bond acceptors (Lipinski definition) is 4. The Morgan fingerprint density at radius 2 is 1.83 bits per heavy atom. The summed E-state index contributed by atoms with van der Waals surface area (Å²) in [6.07, 6.45) is 2.07. The lowest BCUT2D eigenvalue weighted by molar-refractivity contribution is -0.115. The van der Waals surface area contributed by atoms with Gasteiger partial charge in [0.2, 0.25) is 5.91 Å². The van der Waals surface area contributed by atoms with Gasteiger partial charge in [-0.15, -0.1) is 0 Å². The molecule has 5 nitrogen and oxygen atoms in total. The standard InChI is InChI=1S/C19H19N3O2/c1-24-17-10-3-2-8-15(17)20-13-11-18(23)22-16-9-4-6-14-7-5-12-21-19(14)16/h2-10,12,20H,11,13H2,1H3,(H,22,23). The summed E-state index contributed by atoms with van der Waals surface area (Å²) in [5.74, 6) is 0.701. The van der Waals surface area contributed by atoms with Crippen LogP contribution in [-0.2, 0) is 4.79 Å². The molecule has 0 aliphatic heterocycles. The van der Waals surface area contributed by atoms with Crippen molar-refractivity contribution in [3.05, 3.63) is 60.8 Å². The molecule has 0 fully saturated rings. The van der Waals surface area contributed by atoms with Crippen molar-refractivity contribution >= 4 is 28.2 Å². The second kappa shape index (κ2) is 7.46. The van der Waals surface area contributed by atoms with Crippen LogP contribution in [0.2, 0.25) is 0 Å². The highest BCUT2D eigenvalue weighted by atomic mass is 16.5. The van der Waals surface area contributed by atoms with Crippen LogP contribution in [0.25, 0.3) is 10.9 Å². The van der Waals surface area contributed by atoms with Crippen molar-refractivity contribution in [1.29, 1.82) is 0 Å². The van der Waals surface area contributed by atoms with Crippen molar-refractivity contribution in [1.82, 2.24) is 4.98 Å². The van der Waals surface area contributed by atoms with Crippen LogP contribution >= 0.6 is 0 Å². The molecule has 2 aromatic carbocycles. The first-order valence-electron chi connectivity index (χ1n) is 7.78. The van der Waals surface area contributed by atoms with Gasteiger partial charge in [-0.05, 0) is 24.3 Å². The number of fused-ring (bicyclic) bond motifs is 1. The van der Waals surface area contributed by atoms with Crippen LogP contribution < -0.4 is 15.4 Å². The molecule has 0 bridgehead atoms. The zero-order chi connectivity index (χ0) is 16.8. The van der Waals surface area contributed by atoms with Crippen molar-refractivity contribution in [3.8, 4) is 5.75 Å². The van der Waals surface area contributed by atoms with E-state index in [0.717, 1.165) is 28.0 Å². The number of carbonyl (C=O) groups excluding carboxylic acids is 1. The van der Waals surface area contributed by atoms with E-state index in [1.54, 1.807) is 13.3 Å². The van der Waals surface area contributed by atoms with Crippen molar-refractivity contribution in [2.24, 2.45) is 0 Å². The highest BCUT2D eigenvalue weighted by Crippen LogP contribution is 2.23. The predicted octanol–water partition coefficient (Wildman–Crippen LogP) is 3.68. The monoisotopic (exact) mass is 321 g/mol. The highest BCUT2D eigenvalue weighted by Gasteiger charge is 2.07. The molecule has 5 heteroatoms. The molecule has 1 amide bonds. The number of ether oxygens (including phenoxy) is 1. The van der Waals surface area contributed by atoms with E-state index in [1.165, 1.54) is 0 Å². The minimum atomic E-state index is -0.0597. The molecule has 0 aliphatic rings. The van der Waals surface area contributed by atoms with Crippen LogP contribution in [-0.4, -0.2) is 24.5 Å². The van der Waals surface area contributed by atoms with Gasteiger partial charge in [-0.3, -0.25) is 9.78 Å². The summed E-state index contributed by atoms with van der Waals surface area (Å²) >= 11 is 0. The maximum Gasteiger partial charge on any atom is 0.226 e. The number of benzene rings is 2. The van der Waals surface area contributed by atoms with Crippen LogP contribution in [0.4, 0.5) is 11.4 Å². The number of para-hydroxylation sites is 3. The molecule has 1 aromatic heterocycles. The predicted molar refractivity (Wildman–Crippen MR) is 96.5 cm³/mol. The summed E-state index contributed by atoms with van der Waals surface area (Å²) in [5, 5.41) is 7.15. The molecule has 3 aromatic rings. The number of methoxy groups -OCH3 is 1. The maximum absolute atomic E-state index is 12.2. The van der Waals surface area contributed by atoms with Crippen molar-refractivity contribution in [3.63, 3.8) is 0 Å². The Hall–Kier alpha value is -3.08. The normalized spacial score (nSPS) is 10.4. The molecule has 1 heterocycles. The van der Waals surface area contributed by atoms with Crippen LogP contribution in [0.3, 0.4) is 0 Å². The average molecular weight is 321 g/mol. The molecule has 0 aliphatic carbocycles. The van der Waals surface area contributed by atoms with Gasteiger partial charge in [-0.25, -0.2) is 0 Å². The first-order valence-corrected chi connectivity index (χ1v) is 7.78. The first-order chi connectivity index (χ1) is 11.8. The van der Waals surface area contributed by atoms with E-state index in [4.69, 9.17) is 4.74 Å². The number of amides is 1. The van der Waals surface area contributed by atoms with Gasteiger partial charge in [0.05, 0.1) is 24.0 Å². The molecule has 0 radical (unpaired) electrons. The second-order valence-corrected chi connectivity index (χ2v) is 5.31. The lowest BCUT2D eigenvalue weighted by Gasteiger charge is -2.11. The Morgan fingerprint density at radius 3 is 2.71 bits per heavy atom. The number of rotatable bonds is 6. The van der Waals surface area contributed by atoms with Gasteiger partial charge in [-0.2, -0.15) is 0 Å². The van der Waals surface area contributed by atoms with Gasteiger partial charge in [0.15, 0.2) is 0 Å². The fraction of sp³-hybridized carbons (Fsp3) is 0.158. The topological polar surface area (TPSA) is 63.2 Å². The van der Waals surface area contributed by atoms with E-state index in [2.05, 4.69) is 15.6 Å². The van der Waals surface area contributed by atoms with Crippen LogP contribution in [0.15, 0.2) is 60.8 Å². The molecule has 122 valence electrons. The third kappa shape index (κ3) is 3.63. The Balaban J connectivity index is 1.59. The molecule has 0 saturated carbocycles. The van der Waals surface area contributed by atoms with E-state index < -0.39 is 0 Å². The maximum atomic E-state index is 12.2. The summed E-state index contributed by atoms with van der Waals surface area (Å²) in [7, 11) is 1.63. The van der Waals surface area contributed by atoms with Gasteiger partial charge in [0.1, 0.15) is 5.75 Å². The smallest absolute Gasteiger partial charge is 0.226 e. The summed E-state index contributed by atoms with van der Waals surface area (Å²) < 4.78 is 5.28. The van der Waals surface area contributed by atoms with Gasteiger partial charge >= 0.3 is 0 Å². The lowest BCUT2D eigenvalue weighted by atomic mass is 10.2. The van der Waals surface area contributed by atoms with Gasteiger partial charge in [0.25, 0.3) is 0 Å². The summed E-state index contributed by atoms with van der Waals surface area (Å²) in [6, 6.07) is 17.2. The molecular weight excluding hydrogens is 302 g/mol. The van der Waals surface area contributed by atoms with Crippen LogP contribution in [0.5, 0.6) is 5.75 Å². The third-order valence-corrected chi connectivity index (χ3v) is 3.68. The van der Waals surface area contributed by atoms with E-state index in [0.29, 0.717) is 13.0 Å². The lowest BCUT2D eigenvalue weighted by Crippen LogP contribution is -2.16. The van der Waals surface area contributed by atoms with Gasteiger partial charge in [-0.1, -0.05) is 30.3 Å². The quantitative estimate of drug-likeness (QED) is 0.727. The molecule has 0 atom stereocenters. The summed E-state index contributed by atoms with van der Waals surface area (Å²) in [5.41, 5.74) is 2.40. The zero-order valence-electron chi connectivity index (χ0n) is 13.5. The van der Waals surface area contributed by atoms with Crippen molar-refractivity contribution in [2.75, 3.05) is 24.3 Å². The number of nitrogens with zero attached hydrogens (tertiary/aromatic N) is 1. The van der Waals surface area contributed by atoms with E-state index in [-0.39, 0.29) is 5.91 Å². The van der Waals surface area contributed by atoms with Crippen molar-refractivity contribution in [2.45, 2.75) is 6.42 Å². The van der Waals surface area contributed by atoms with Crippen LogP contribution in [0, 0.1) is 0 Å². The highest BCUT2D eigenvalue weighted by molar-refractivity contribution is 6.00. The van der Waals surface area contributed by atoms with E-state index in [9.17, 15) is 4.79 Å². The average Bonchev–Trinajstić information content (AvgIpc) is 2.62. The third-order valence-electron chi connectivity index (χ3n) is 3.68.